The van der Waals surface area contributed by atoms with Crippen molar-refractivity contribution in [2.75, 3.05) is 13.2 Å². The average molecular weight is 889 g/mol. The SMILES string of the molecule is CC/C=C/C=C/C=C/CCCCCCCC(=O)OCC(COC(=O)CCC/C=C/C/C=C/C/C=C/C/C=C/C/C=C/CC)OC(=O)CCCCCCCCCCCCCCCCCC. The molecule has 0 heterocycles. The zero-order chi connectivity index (χ0) is 46.5. The molecule has 0 aromatic carbocycles. The maximum absolute atomic E-state index is 12.8. The second-order valence-corrected chi connectivity index (χ2v) is 17.1. The van der Waals surface area contributed by atoms with Gasteiger partial charge < -0.3 is 14.2 Å². The van der Waals surface area contributed by atoms with E-state index in [1.165, 1.54) is 83.5 Å². The highest BCUT2D eigenvalue weighted by atomic mass is 16.6. The Balaban J connectivity index is 4.49. The van der Waals surface area contributed by atoms with Crippen LogP contribution in [0.2, 0.25) is 0 Å². The molecule has 0 aliphatic carbocycles. The normalized spacial score (nSPS) is 12.9. The second kappa shape index (κ2) is 52.0. The van der Waals surface area contributed by atoms with E-state index in [-0.39, 0.29) is 37.5 Å². The highest BCUT2D eigenvalue weighted by molar-refractivity contribution is 5.71. The summed E-state index contributed by atoms with van der Waals surface area (Å²) in [4.78, 5) is 38.0. The predicted octanol–water partition coefficient (Wildman–Crippen LogP) is 17.4. The van der Waals surface area contributed by atoms with Crippen LogP contribution in [0.5, 0.6) is 0 Å². The number of hydrogen-bond acceptors (Lipinski definition) is 6. The van der Waals surface area contributed by atoms with Crippen molar-refractivity contribution in [3.05, 3.63) is 97.2 Å². The fourth-order valence-electron chi connectivity index (χ4n) is 7.01. The smallest absolute Gasteiger partial charge is 0.306 e. The first kappa shape index (κ1) is 60.3. The van der Waals surface area contributed by atoms with E-state index < -0.39 is 6.10 Å². The largest absolute Gasteiger partial charge is 0.462 e. The van der Waals surface area contributed by atoms with E-state index >= 15 is 0 Å². The van der Waals surface area contributed by atoms with Gasteiger partial charge in [0, 0.05) is 19.3 Å². The van der Waals surface area contributed by atoms with Crippen molar-refractivity contribution in [2.24, 2.45) is 0 Å². The van der Waals surface area contributed by atoms with E-state index in [1.807, 2.05) is 0 Å². The number of allylic oxidation sites excluding steroid dienone is 16. The Morgan fingerprint density at radius 1 is 0.344 bits per heavy atom. The summed E-state index contributed by atoms with van der Waals surface area (Å²) < 4.78 is 16.7. The molecular weight excluding hydrogens is 793 g/mol. The number of ether oxygens (including phenoxy) is 3. The molecule has 0 aliphatic heterocycles. The molecule has 64 heavy (non-hydrogen) atoms. The van der Waals surface area contributed by atoms with Crippen molar-refractivity contribution in [3.8, 4) is 0 Å². The molecular formula is C58H96O6. The van der Waals surface area contributed by atoms with Crippen LogP contribution in [0.4, 0.5) is 0 Å². The van der Waals surface area contributed by atoms with Crippen molar-refractivity contribution in [1.29, 1.82) is 0 Å². The van der Waals surface area contributed by atoms with Crippen LogP contribution in [-0.2, 0) is 28.6 Å². The first-order chi connectivity index (χ1) is 31.5. The van der Waals surface area contributed by atoms with Crippen LogP contribution in [-0.4, -0.2) is 37.2 Å². The summed E-state index contributed by atoms with van der Waals surface area (Å²) >= 11 is 0. The highest BCUT2D eigenvalue weighted by Gasteiger charge is 2.19. The Kier molecular flexibility index (Phi) is 49.0. The minimum absolute atomic E-state index is 0.105. The number of esters is 3. The Labute approximate surface area is 394 Å². The van der Waals surface area contributed by atoms with E-state index in [2.05, 4.69) is 118 Å². The topological polar surface area (TPSA) is 78.9 Å². The molecule has 1 atom stereocenters. The minimum atomic E-state index is -0.807. The van der Waals surface area contributed by atoms with Crippen molar-refractivity contribution >= 4 is 17.9 Å². The third kappa shape index (κ3) is 49.3. The quantitative estimate of drug-likeness (QED) is 0.0199. The molecule has 0 aromatic rings. The summed E-state index contributed by atoms with van der Waals surface area (Å²) in [5, 5.41) is 0. The third-order valence-corrected chi connectivity index (χ3v) is 10.9. The van der Waals surface area contributed by atoms with Gasteiger partial charge in [-0.1, -0.05) is 234 Å². The van der Waals surface area contributed by atoms with Crippen LogP contribution in [0.1, 0.15) is 233 Å². The fraction of sp³-hybridized carbons (Fsp3) is 0.672. The molecule has 0 radical (unpaired) electrons. The molecule has 0 fully saturated rings. The lowest BCUT2D eigenvalue weighted by molar-refractivity contribution is -0.167. The Morgan fingerprint density at radius 3 is 1.17 bits per heavy atom. The molecule has 0 amide bonds. The molecule has 6 nitrogen and oxygen atoms in total. The molecule has 1 unspecified atom stereocenters. The molecule has 0 N–H and O–H groups in total. The Hall–Kier alpha value is -3.67. The van der Waals surface area contributed by atoms with Gasteiger partial charge in [0.25, 0.3) is 0 Å². The lowest BCUT2D eigenvalue weighted by atomic mass is 10.0. The molecule has 0 aromatic heterocycles. The van der Waals surface area contributed by atoms with Crippen molar-refractivity contribution in [3.63, 3.8) is 0 Å². The van der Waals surface area contributed by atoms with Gasteiger partial charge in [0.15, 0.2) is 6.10 Å². The van der Waals surface area contributed by atoms with Gasteiger partial charge in [0.2, 0.25) is 0 Å². The second-order valence-electron chi connectivity index (χ2n) is 17.1. The summed E-state index contributed by atoms with van der Waals surface area (Å²) in [7, 11) is 0. The van der Waals surface area contributed by atoms with Crippen LogP contribution < -0.4 is 0 Å². The molecule has 0 aliphatic rings. The van der Waals surface area contributed by atoms with Gasteiger partial charge >= 0.3 is 17.9 Å². The molecule has 364 valence electrons. The maximum Gasteiger partial charge on any atom is 0.306 e. The lowest BCUT2D eigenvalue weighted by Gasteiger charge is -2.18. The average Bonchev–Trinajstić information content (AvgIpc) is 3.29. The molecule has 0 bridgehead atoms. The standard InChI is InChI=1S/C58H96O6/c1-4-7-10-13-16-19-22-25-27-29-31-33-36-39-42-45-48-51-57(60)63-54-55(53-62-56(59)50-47-44-41-38-35-32-24-21-18-15-12-9-6-3)64-58(61)52-49-46-43-40-37-34-30-28-26-23-20-17-14-11-8-5-2/h7,9-10,12,15-16,18-19,21,24-25,27,31,33,39,42,55H,4-6,8,11,13-14,17,20,22-23,26,28-30,32,34-38,40-41,43-54H2,1-3H3/b10-7+,12-9+,18-15+,19-16+,24-21+,27-25+,33-31+,42-39+. The Morgan fingerprint density at radius 2 is 0.703 bits per heavy atom. The van der Waals surface area contributed by atoms with Gasteiger partial charge in [-0.15, -0.1) is 0 Å². The minimum Gasteiger partial charge on any atom is -0.462 e. The van der Waals surface area contributed by atoms with Crippen LogP contribution in [0.3, 0.4) is 0 Å². The van der Waals surface area contributed by atoms with Gasteiger partial charge in [0.1, 0.15) is 13.2 Å². The van der Waals surface area contributed by atoms with Gasteiger partial charge in [-0.3, -0.25) is 14.4 Å². The summed E-state index contributed by atoms with van der Waals surface area (Å²) in [6, 6.07) is 0. The number of carbonyl (C=O) groups is 3. The van der Waals surface area contributed by atoms with E-state index in [0.29, 0.717) is 19.3 Å². The molecule has 0 spiro atoms. The number of carbonyl (C=O) groups excluding carboxylic acids is 3. The van der Waals surface area contributed by atoms with Crippen LogP contribution >= 0.6 is 0 Å². The first-order valence-electron chi connectivity index (χ1n) is 26.3. The lowest BCUT2D eigenvalue weighted by Crippen LogP contribution is -2.30. The maximum atomic E-state index is 12.8. The zero-order valence-electron chi connectivity index (χ0n) is 41.5. The van der Waals surface area contributed by atoms with E-state index in [1.54, 1.807) is 0 Å². The van der Waals surface area contributed by atoms with Gasteiger partial charge in [-0.25, -0.2) is 0 Å². The summed E-state index contributed by atoms with van der Waals surface area (Å²) in [6.45, 7) is 6.33. The summed E-state index contributed by atoms with van der Waals surface area (Å²) in [5.41, 5.74) is 0. The number of rotatable bonds is 46. The van der Waals surface area contributed by atoms with Crippen LogP contribution in [0.25, 0.3) is 0 Å². The zero-order valence-corrected chi connectivity index (χ0v) is 41.5. The van der Waals surface area contributed by atoms with E-state index in [0.717, 1.165) is 103 Å². The molecule has 0 saturated carbocycles. The highest BCUT2D eigenvalue weighted by Crippen LogP contribution is 2.15. The van der Waals surface area contributed by atoms with Crippen LogP contribution in [0.15, 0.2) is 97.2 Å². The molecule has 0 saturated heterocycles. The third-order valence-electron chi connectivity index (χ3n) is 10.9. The van der Waals surface area contributed by atoms with Crippen molar-refractivity contribution in [2.45, 2.75) is 239 Å². The van der Waals surface area contributed by atoms with Crippen LogP contribution in [0, 0.1) is 0 Å². The van der Waals surface area contributed by atoms with E-state index in [9.17, 15) is 14.4 Å². The molecule has 6 heteroatoms. The fourth-order valence-corrected chi connectivity index (χ4v) is 7.01. The van der Waals surface area contributed by atoms with Gasteiger partial charge in [-0.05, 0) is 77.0 Å². The summed E-state index contributed by atoms with van der Waals surface area (Å²) in [5.74, 6) is -0.984. The van der Waals surface area contributed by atoms with Gasteiger partial charge in [0.05, 0.1) is 0 Å². The van der Waals surface area contributed by atoms with Crippen molar-refractivity contribution < 1.29 is 28.6 Å². The number of hydrogen-bond donors (Lipinski definition) is 0. The van der Waals surface area contributed by atoms with Crippen molar-refractivity contribution in [1.82, 2.24) is 0 Å². The predicted molar refractivity (Wildman–Crippen MR) is 274 cm³/mol. The Bertz CT molecular complexity index is 1300. The summed E-state index contributed by atoms with van der Waals surface area (Å²) in [6.07, 6.45) is 68.3. The first-order valence-corrected chi connectivity index (χ1v) is 26.3. The number of unbranched alkanes of at least 4 members (excludes halogenated alkanes) is 21. The van der Waals surface area contributed by atoms with Gasteiger partial charge in [-0.2, -0.15) is 0 Å². The van der Waals surface area contributed by atoms with E-state index in [4.69, 9.17) is 14.2 Å². The molecule has 0 rings (SSSR count). The monoisotopic (exact) mass is 889 g/mol.